The van der Waals surface area contributed by atoms with Crippen LogP contribution in [0.2, 0.25) is 0 Å². The van der Waals surface area contributed by atoms with Crippen molar-refractivity contribution in [1.29, 1.82) is 0 Å². The normalized spacial score (nSPS) is 24.1. The predicted octanol–water partition coefficient (Wildman–Crippen LogP) is 2.12. The van der Waals surface area contributed by atoms with Crippen molar-refractivity contribution in [1.82, 2.24) is 14.1 Å². The van der Waals surface area contributed by atoms with E-state index in [0.717, 1.165) is 44.9 Å². The highest BCUT2D eigenvalue weighted by Crippen LogP contribution is 2.31. The molecule has 0 amide bonds. The van der Waals surface area contributed by atoms with Crippen molar-refractivity contribution < 1.29 is 17.9 Å². The highest BCUT2D eigenvalue weighted by Gasteiger charge is 2.32. The van der Waals surface area contributed by atoms with Gasteiger partial charge in [-0.3, -0.25) is 4.79 Å². The molecule has 4 rings (SSSR count). The summed E-state index contributed by atoms with van der Waals surface area (Å²) in [5, 5.41) is 3.99. The van der Waals surface area contributed by atoms with Crippen LogP contribution < -0.4 is 15.2 Å². The van der Waals surface area contributed by atoms with Gasteiger partial charge in [-0.25, -0.2) is 8.42 Å². The quantitative estimate of drug-likeness (QED) is 0.650. The van der Waals surface area contributed by atoms with Crippen molar-refractivity contribution in [2.45, 2.75) is 76.4 Å². The van der Waals surface area contributed by atoms with Crippen LogP contribution in [0.4, 0.5) is 5.69 Å². The minimum Gasteiger partial charge on any atom is -0.483 e. The lowest BCUT2D eigenvalue weighted by Crippen LogP contribution is -2.51. The van der Waals surface area contributed by atoms with Crippen molar-refractivity contribution in [3.05, 3.63) is 16.6 Å². The van der Waals surface area contributed by atoms with E-state index in [-0.39, 0.29) is 17.9 Å². The van der Waals surface area contributed by atoms with E-state index in [9.17, 15) is 13.2 Å². The molecule has 10 heteroatoms. The number of piperazine rings is 1. The topological polar surface area (TPSA) is 94.0 Å². The molecule has 2 saturated heterocycles. The van der Waals surface area contributed by atoms with Crippen molar-refractivity contribution in [3.63, 3.8) is 0 Å². The molecule has 0 aromatic carbocycles. The van der Waals surface area contributed by atoms with Crippen LogP contribution in [0.3, 0.4) is 0 Å². The molecule has 0 radical (unpaired) electrons. The van der Waals surface area contributed by atoms with Crippen molar-refractivity contribution in [2.75, 3.05) is 37.7 Å². The van der Waals surface area contributed by atoms with Gasteiger partial charge in [0, 0.05) is 32.8 Å². The molecular formula is C21H34N4O5S. The zero-order valence-corrected chi connectivity index (χ0v) is 19.3. The average Bonchev–Trinajstić information content (AvgIpc) is 3.29. The summed E-state index contributed by atoms with van der Waals surface area (Å²) in [6.45, 7) is 5.80. The highest BCUT2D eigenvalue weighted by atomic mass is 32.2. The number of hydrogen-bond acceptors (Lipinski definition) is 7. The zero-order chi connectivity index (χ0) is 22.0. The molecular weight excluding hydrogens is 420 g/mol. The SMILES string of the molecule is CC(C)S(=O)(=O)N1CCN(c2cnn(C3CCCCO3)c(=O)c2OC2CCCC2)CC1. The molecule has 0 spiro atoms. The lowest BCUT2D eigenvalue weighted by Gasteiger charge is -2.36. The summed E-state index contributed by atoms with van der Waals surface area (Å²) in [7, 11) is -3.29. The van der Waals surface area contributed by atoms with Crippen LogP contribution in [-0.2, 0) is 14.8 Å². The fourth-order valence-electron chi connectivity index (χ4n) is 4.55. The highest BCUT2D eigenvalue weighted by molar-refractivity contribution is 7.89. The van der Waals surface area contributed by atoms with Gasteiger partial charge in [-0.1, -0.05) is 0 Å². The monoisotopic (exact) mass is 454 g/mol. The Kier molecular flexibility index (Phi) is 6.88. The molecule has 3 fully saturated rings. The molecule has 1 aliphatic carbocycles. The summed E-state index contributed by atoms with van der Waals surface area (Å²) in [4.78, 5) is 15.4. The number of hydrogen-bond donors (Lipinski definition) is 0. The van der Waals surface area contributed by atoms with Gasteiger partial charge in [0.15, 0.2) is 6.23 Å². The smallest absolute Gasteiger partial charge is 0.313 e. The second kappa shape index (κ2) is 9.46. The second-order valence-corrected chi connectivity index (χ2v) is 11.4. The standard InChI is InChI=1S/C21H34N4O5S/c1-16(2)31(27,28)24-12-10-23(11-13-24)18-15-22-25(19-9-5-6-14-29-19)21(26)20(18)30-17-7-3-4-8-17/h15-17,19H,3-14H2,1-2H3. The molecule has 174 valence electrons. The Hall–Kier alpha value is -1.65. The van der Waals surface area contributed by atoms with Crippen molar-refractivity contribution in [3.8, 4) is 5.75 Å². The number of anilines is 1. The first-order chi connectivity index (χ1) is 14.9. The Balaban J connectivity index is 1.59. The van der Waals surface area contributed by atoms with Gasteiger partial charge in [0.05, 0.1) is 17.6 Å². The Morgan fingerprint density at radius 3 is 2.35 bits per heavy atom. The van der Waals surface area contributed by atoms with E-state index >= 15 is 0 Å². The Labute approximate surface area is 184 Å². The van der Waals surface area contributed by atoms with Crippen LogP contribution in [0.25, 0.3) is 0 Å². The number of sulfonamides is 1. The third-order valence-corrected chi connectivity index (χ3v) is 8.77. The molecule has 0 bridgehead atoms. The molecule has 1 saturated carbocycles. The Morgan fingerprint density at radius 1 is 1.06 bits per heavy atom. The summed E-state index contributed by atoms with van der Waals surface area (Å²) in [5.74, 6) is 0.330. The summed E-state index contributed by atoms with van der Waals surface area (Å²) in [6.07, 6.45) is 8.25. The minimum absolute atomic E-state index is 0.0391. The third-order valence-electron chi connectivity index (χ3n) is 6.49. The van der Waals surface area contributed by atoms with Crippen LogP contribution in [0.5, 0.6) is 5.75 Å². The lowest BCUT2D eigenvalue weighted by molar-refractivity contribution is -0.0431. The fourth-order valence-corrected chi connectivity index (χ4v) is 5.82. The molecule has 3 heterocycles. The molecule has 1 unspecified atom stereocenters. The molecule has 31 heavy (non-hydrogen) atoms. The van der Waals surface area contributed by atoms with Crippen LogP contribution in [-0.4, -0.2) is 66.6 Å². The van der Waals surface area contributed by atoms with Crippen LogP contribution in [0, 0.1) is 0 Å². The molecule has 1 aromatic heterocycles. The van der Waals surface area contributed by atoms with Crippen LogP contribution >= 0.6 is 0 Å². The molecule has 1 aromatic rings. The zero-order valence-electron chi connectivity index (χ0n) is 18.5. The number of ether oxygens (including phenoxy) is 2. The Morgan fingerprint density at radius 2 is 1.74 bits per heavy atom. The van der Waals surface area contributed by atoms with E-state index in [1.165, 1.54) is 8.99 Å². The molecule has 9 nitrogen and oxygen atoms in total. The van der Waals surface area contributed by atoms with Gasteiger partial charge in [-0.15, -0.1) is 0 Å². The largest absolute Gasteiger partial charge is 0.483 e. The number of nitrogens with zero attached hydrogens (tertiary/aromatic N) is 4. The summed E-state index contributed by atoms with van der Waals surface area (Å²) >= 11 is 0. The minimum atomic E-state index is -3.29. The maximum absolute atomic E-state index is 13.4. The lowest BCUT2D eigenvalue weighted by atomic mass is 10.2. The van der Waals surface area contributed by atoms with Crippen LogP contribution in [0.15, 0.2) is 11.0 Å². The van der Waals surface area contributed by atoms with E-state index in [4.69, 9.17) is 9.47 Å². The van der Waals surface area contributed by atoms with E-state index in [0.29, 0.717) is 44.2 Å². The Bertz CT molecular complexity index is 912. The average molecular weight is 455 g/mol. The van der Waals surface area contributed by atoms with Gasteiger partial charge in [-0.2, -0.15) is 14.1 Å². The molecule has 3 aliphatic rings. The maximum Gasteiger partial charge on any atom is 0.313 e. The summed E-state index contributed by atoms with van der Waals surface area (Å²) < 4.78 is 40.0. The van der Waals surface area contributed by atoms with Gasteiger partial charge >= 0.3 is 5.56 Å². The fraction of sp³-hybridized carbons (Fsp3) is 0.810. The van der Waals surface area contributed by atoms with Gasteiger partial charge in [0.2, 0.25) is 15.8 Å². The first-order valence-corrected chi connectivity index (χ1v) is 13.0. The molecule has 0 N–H and O–H groups in total. The summed E-state index contributed by atoms with van der Waals surface area (Å²) in [5.41, 5.74) is 0.402. The van der Waals surface area contributed by atoms with Crippen molar-refractivity contribution >= 4 is 15.7 Å². The van der Waals surface area contributed by atoms with Gasteiger partial charge in [0.1, 0.15) is 5.69 Å². The summed E-state index contributed by atoms with van der Waals surface area (Å²) in [6, 6.07) is 0. The molecule has 1 atom stereocenters. The third kappa shape index (κ3) is 4.75. The first kappa shape index (κ1) is 22.5. The maximum atomic E-state index is 13.4. The second-order valence-electron chi connectivity index (χ2n) is 8.93. The number of aromatic nitrogens is 2. The van der Waals surface area contributed by atoms with Crippen LogP contribution in [0.1, 0.15) is 65.0 Å². The predicted molar refractivity (Wildman–Crippen MR) is 118 cm³/mol. The van der Waals surface area contributed by atoms with Gasteiger partial charge < -0.3 is 14.4 Å². The van der Waals surface area contributed by atoms with Gasteiger partial charge in [0.25, 0.3) is 0 Å². The van der Waals surface area contributed by atoms with E-state index < -0.39 is 15.3 Å². The van der Waals surface area contributed by atoms with Crippen molar-refractivity contribution in [2.24, 2.45) is 0 Å². The molecule has 2 aliphatic heterocycles. The van der Waals surface area contributed by atoms with E-state index in [1.807, 2.05) is 4.90 Å². The van der Waals surface area contributed by atoms with Gasteiger partial charge in [-0.05, 0) is 58.8 Å². The van der Waals surface area contributed by atoms with E-state index in [1.54, 1.807) is 20.0 Å². The van der Waals surface area contributed by atoms with E-state index in [2.05, 4.69) is 5.10 Å². The number of rotatable bonds is 6. The first-order valence-electron chi connectivity index (χ1n) is 11.5.